The second-order valence-corrected chi connectivity index (χ2v) is 6.04. The molecule has 0 amide bonds. The van der Waals surface area contributed by atoms with Crippen LogP contribution in [0.1, 0.15) is 11.9 Å². The molecule has 2 nitrogen and oxygen atoms in total. The van der Waals surface area contributed by atoms with Crippen LogP contribution in [0.2, 0.25) is 0 Å². The summed E-state index contributed by atoms with van der Waals surface area (Å²) in [7, 11) is 0. The van der Waals surface area contributed by atoms with E-state index in [9.17, 15) is 0 Å². The Labute approximate surface area is 114 Å². The van der Waals surface area contributed by atoms with Gasteiger partial charge in [0, 0.05) is 21.8 Å². The number of hydrogen-bond acceptors (Lipinski definition) is 3. The lowest BCUT2D eigenvalue weighted by Gasteiger charge is -2.04. The fourth-order valence-electron chi connectivity index (χ4n) is 1.57. The lowest BCUT2D eigenvalue weighted by atomic mass is 10.1. The van der Waals surface area contributed by atoms with Crippen LogP contribution in [0.25, 0.3) is 11.3 Å². The first-order valence-corrected chi connectivity index (χ1v) is 7.26. The Hall–Kier alpha value is -0.710. The molecule has 0 aliphatic heterocycles. The van der Waals surface area contributed by atoms with Crippen molar-refractivity contribution in [1.82, 2.24) is 4.98 Å². The van der Waals surface area contributed by atoms with Crippen LogP contribution >= 0.6 is 27.3 Å². The highest BCUT2D eigenvalue weighted by atomic mass is 79.9. The zero-order chi connectivity index (χ0) is 12.3. The van der Waals surface area contributed by atoms with Gasteiger partial charge in [-0.05, 0) is 24.6 Å². The summed E-state index contributed by atoms with van der Waals surface area (Å²) in [6, 6.07) is 8.22. The highest BCUT2D eigenvalue weighted by Crippen LogP contribution is 2.25. The predicted molar refractivity (Wildman–Crippen MR) is 77.2 cm³/mol. The SMILES string of the molecule is CC(CN)Cc1nc(-c2cccc(Br)c2)cs1. The smallest absolute Gasteiger partial charge is 0.0935 e. The van der Waals surface area contributed by atoms with Gasteiger partial charge in [-0.1, -0.05) is 35.0 Å². The van der Waals surface area contributed by atoms with Gasteiger partial charge in [-0.3, -0.25) is 0 Å². The van der Waals surface area contributed by atoms with Gasteiger partial charge in [0.1, 0.15) is 0 Å². The van der Waals surface area contributed by atoms with Gasteiger partial charge < -0.3 is 5.73 Å². The molecule has 1 aromatic heterocycles. The fourth-order valence-corrected chi connectivity index (χ4v) is 2.93. The molecular weight excluding hydrogens is 296 g/mol. The zero-order valence-electron chi connectivity index (χ0n) is 9.69. The maximum atomic E-state index is 5.63. The average molecular weight is 311 g/mol. The minimum Gasteiger partial charge on any atom is -0.330 e. The largest absolute Gasteiger partial charge is 0.330 e. The molecule has 0 radical (unpaired) electrons. The van der Waals surface area contributed by atoms with Crippen molar-refractivity contribution >= 4 is 27.3 Å². The van der Waals surface area contributed by atoms with E-state index in [0.29, 0.717) is 12.5 Å². The molecule has 1 unspecified atom stereocenters. The van der Waals surface area contributed by atoms with Gasteiger partial charge in [-0.2, -0.15) is 0 Å². The number of thiazole rings is 1. The summed E-state index contributed by atoms with van der Waals surface area (Å²) in [4.78, 5) is 4.65. The van der Waals surface area contributed by atoms with Gasteiger partial charge in [-0.15, -0.1) is 11.3 Å². The molecule has 17 heavy (non-hydrogen) atoms. The van der Waals surface area contributed by atoms with Crippen molar-refractivity contribution in [1.29, 1.82) is 0 Å². The average Bonchev–Trinajstić information content (AvgIpc) is 2.77. The number of benzene rings is 1. The first kappa shape index (κ1) is 12.7. The zero-order valence-corrected chi connectivity index (χ0v) is 12.1. The van der Waals surface area contributed by atoms with Crippen molar-refractivity contribution in [3.63, 3.8) is 0 Å². The standard InChI is InChI=1S/C13H15BrN2S/c1-9(7-15)5-13-16-12(8-17-13)10-3-2-4-11(14)6-10/h2-4,6,8-9H,5,7,15H2,1H3. The van der Waals surface area contributed by atoms with E-state index in [4.69, 9.17) is 5.73 Å². The van der Waals surface area contributed by atoms with Crippen molar-refractivity contribution < 1.29 is 0 Å². The Bertz CT molecular complexity index is 496. The normalized spacial score (nSPS) is 12.6. The summed E-state index contributed by atoms with van der Waals surface area (Å²) in [5.74, 6) is 0.497. The van der Waals surface area contributed by atoms with Crippen LogP contribution in [-0.2, 0) is 6.42 Å². The molecule has 2 aromatic rings. The Morgan fingerprint density at radius 1 is 1.47 bits per heavy atom. The summed E-state index contributed by atoms with van der Waals surface area (Å²) in [5, 5.41) is 3.28. The van der Waals surface area contributed by atoms with Crippen LogP contribution < -0.4 is 5.73 Å². The van der Waals surface area contributed by atoms with E-state index in [2.05, 4.69) is 45.4 Å². The van der Waals surface area contributed by atoms with Crippen molar-refractivity contribution in [2.75, 3.05) is 6.54 Å². The Kier molecular flexibility index (Phi) is 4.31. The molecule has 0 saturated heterocycles. The number of halogens is 1. The topological polar surface area (TPSA) is 38.9 Å². The van der Waals surface area contributed by atoms with Crippen molar-refractivity contribution in [3.05, 3.63) is 39.1 Å². The molecule has 2 rings (SSSR count). The van der Waals surface area contributed by atoms with E-state index in [-0.39, 0.29) is 0 Å². The molecule has 0 saturated carbocycles. The molecule has 1 aromatic carbocycles. The molecule has 1 heterocycles. The minimum atomic E-state index is 0.497. The molecule has 4 heteroatoms. The van der Waals surface area contributed by atoms with E-state index in [1.165, 1.54) is 0 Å². The highest BCUT2D eigenvalue weighted by Gasteiger charge is 2.07. The number of hydrogen-bond donors (Lipinski definition) is 1. The van der Waals surface area contributed by atoms with E-state index in [1.54, 1.807) is 11.3 Å². The van der Waals surface area contributed by atoms with Crippen LogP contribution in [0.4, 0.5) is 0 Å². The van der Waals surface area contributed by atoms with E-state index >= 15 is 0 Å². The van der Waals surface area contributed by atoms with Crippen LogP contribution in [0.15, 0.2) is 34.1 Å². The first-order valence-electron chi connectivity index (χ1n) is 5.59. The van der Waals surface area contributed by atoms with Crippen LogP contribution in [0.5, 0.6) is 0 Å². The van der Waals surface area contributed by atoms with Gasteiger partial charge in [-0.25, -0.2) is 4.98 Å². The molecule has 0 spiro atoms. The monoisotopic (exact) mass is 310 g/mol. The van der Waals surface area contributed by atoms with Gasteiger partial charge in [0.25, 0.3) is 0 Å². The van der Waals surface area contributed by atoms with E-state index in [0.717, 1.165) is 27.2 Å². The summed E-state index contributed by atoms with van der Waals surface area (Å²) in [6.45, 7) is 2.87. The van der Waals surface area contributed by atoms with Gasteiger partial charge in [0.05, 0.1) is 10.7 Å². The Morgan fingerprint density at radius 3 is 3.00 bits per heavy atom. The van der Waals surface area contributed by atoms with Gasteiger partial charge in [0.2, 0.25) is 0 Å². The van der Waals surface area contributed by atoms with E-state index in [1.807, 2.05) is 12.1 Å². The fraction of sp³-hybridized carbons (Fsp3) is 0.308. The lowest BCUT2D eigenvalue weighted by Crippen LogP contribution is -2.12. The minimum absolute atomic E-state index is 0.497. The highest BCUT2D eigenvalue weighted by molar-refractivity contribution is 9.10. The second kappa shape index (κ2) is 5.76. The molecule has 0 aliphatic rings. The van der Waals surface area contributed by atoms with Crippen molar-refractivity contribution in [3.8, 4) is 11.3 Å². The predicted octanol–water partition coefficient (Wildman–Crippen LogP) is 3.71. The molecule has 0 bridgehead atoms. The third-order valence-corrected chi connectivity index (χ3v) is 3.96. The molecule has 90 valence electrons. The van der Waals surface area contributed by atoms with Crippen LogP contribution in [-0.4, -0.2) is 11.5 Å². The number of aromatic nitrogens is 1. The molecule has 0 fully saturated rings. The lowest BCUT2D eigenvalue weighted by molar-refractivity contribution is 0.591. The third-order valence-electron chi connectivity index (χ3n) is 2.60. The van der Waals surface area contributed by atoms with Crippen molar-refractivity contribution in [2.45, 2.75) is 13.3 Å². The van der Waals surface area contributed by atoms with Crippen molar-refractivity contribution in [2.24, 2.45) is 11.7 Å². The molecule has 2 N–H and O–H groups in total. The molecule has 0 aliphatic carbocycles. The number of rotatable bonds is 4. The van der Waals surface area contributed by atoms with E-state index < -0.39 is 0 Å². The maximum absolute atomic E-state index is 5.63. The number of nitrogens with two attached hydrogens (primary N) is 1. The summed E-state index contributed by atoms with van der Waals surface area (Å²) in [6.07, 6.45) is 0.967. The Balaban J connectivity index is 2.18. The molecule has 1 atom stereocenters. The first-order chi connectivity index (χ1) is 8.19. The van der Waals surface area contributed by atoms with Gasteiger partial charge >= 0.3 is 0 Å². The summed E-state index contributed by atoms with van der Waals surface area (Å²) < 4.78 is 1.08. The third kappa shape index (κ3) is 3.37. The Morgan fingerprint density at radius 2 is 2.29 bits per heavy atom. The number of nitrogens with zero attached hydrogens (tertiary/aromatic N) is 1. The summed E-state index contributed by atoms with van der Waals surface area (Å²) >= 11 is 5.19. The van der Waals surface area contributed by atoms with Crippen LogP contribution in [0, 0.1) is 5.92 Å². The maximum Gasteiger partial charge on any atom is 0.0935 e. The quantitative estimate of drug-likeness (QED) is 0.935. The molecular formula is C13H15BrN2S. The van der Waals surface area contributed by atoms with Gasteiger partial charge in [0.15, 0.2) is 0 Å². The van der Waals surface area contributed by atoms with Crippen LogP contribution in [0.3, 0.4) is 0 Å². The second-order valence-electron chi connectivity index (χ2n) is 4.18. The summed E-state index contributed by atoms with van der Waals surface area (Å²) in [5.41, 5.74) is 7.83.